The Morgan fingerprint density at radius 3 is 2.34 bits per heavy atom. The Balaban J connectivity index is 1.28. The standard InChI is InChI=1S/C27H23ClN4O2S/c28-20-13-11-19(12-14-20)26-31-32-27(35-26)30-25(34)23(15-17-7-3-1-4-8-17)29-24(33)22-16-21(22)18-9-5-2-6-10-18/h1-14,21-23H,15-16H2,(H,29,33)(H,30,32,34)/t21-,22-,23+/m0/s1. The van der Waals surface area contributed by atoms with Crippen LogP contribution in [0.1, 0.15) is 23.5 Å². The van der Waals surface area contributed by atoms with E-state index in [1.807, 2.05) is 72.8 Å². The summed E-state index contributed by atoms with van der Waals surface area (Å²) < 4.78 is 0. The van der Waals surface area contributed by atoms with Gasteiger partial charge in [0.15, 0.2) is 0 Å². The molecule has 2 N–H and O–H groups in total. The second kappa shape index (κ2) is 10.4. The van der Waals surface area contributed by atoms with Gasteiger partial charge in [0, 0.05) is 22.9 Å². The van der Waals surface area contributed by atoms with Crippen LogP contribution in [0.2, 0.25) is 5.02 Å². The van der Waals surface area contributed by atoms with Gasteiger partial charge in [-0.25, -0.2) is 0 Å². The summed E-state index contributed by atoms with van der Waals surface area (Å²) >= 11 is 7.23. The number of hydrogen-bond donors (Lipinski definition) is 2. The Bertz CT molecular complexity index is 1310. The number of benzene rings is 3. The maximum Gasteiger partial charge on any atom is 0.249 e. The van der Waals surface area contributed by atoms with Crippen LogP contribution in [0.15, 0.2) is 84.9 Å². The van der Waals surface area contributed by atoms with E-state index in [4.69, 9.17) is 11.6 Å². The van der Waals surface area contributed by atoms with Crippen LogP contribution in [0.5, 0.6) is 0 Å². The van der Waals surface area contributed by atoms with Crippen molar-refractivity contribution in [3.05, 3.63) is 101 Å². The summed E-state index contributed by atoms with van der Waals surface area (Å²) in [5.41, 5.74) is 2.98. The summed E-state index contributed by atoms with van der Waals surface area (Å²) in [6, 6.07) is 26.2. The molecule has 4 aromatic rings. The number of halogens is 1. The summed E-state index contributed by atoms with van der Waals surface area (Å²) in [7, 11) is 0. The molecule has 0 radical (unpaired) electrons. The number of rotatable bonds is 8. The van der Waals surface area contributed by atoms with Crippen molar-refractivity contribution in [1.82, 2.24) is 15.5 Å². The smallest absolute Gasteiger partial charge is 0.249 e. The predicted molar refractivity (Wildman–Crippen MR) is 138 cm³/mol. The number of nitrogens with one attached hydrogen (secondary N) is 2. The molecule has 0 aliphatic heterocycles. The van der Waals surface area contributed by atoms with Crippen molar-refractivity contribution in [2.45, 2.75) is 24.8 Å². The molecule has 176 valence electrons. The highest BCUT2D eigenvalue weighted by Gasteiger charge is 2.44. The van der Waals surface area contributed by atoms with E-state index in [0.717, 1.165) is 23.1 Å². The largest absolute Gasteiger partial charge is 0.344 e. The summed E-state index contributed by atoms with van der Waals surface area (Å²) in [6.07, 6.45) is 1.17. The Kier molecular flexibility index (Phi) is 6.88. The SMILES string of the molecule is O=C(N[C@H](Cc1ccccc1)C(=O)Nc1nnc(-c2ccc(Cl)cc2)s1)[C@H]1C[C@H]1c1ccccc1. The molecule has 1 heterocycles. The van der Waals surface area contributed by atoms with Gasteiger partial charge in [-0.2, -0.15) is 0 Å². The highest BCUT2D eigenvalue weighted by atomic mass is 35.5. The van der Waals surface area contributed by atoms with E-state index in [-0.39, 0.29) is 23.7 Å². The van der Waals surface area contributed by atoms with Gasteiger partial charge >= 0.3 is 0 Å². The molecule has 1 fully saturated rings. The summed E-state index contributed by atoms with van der Waals surface area (Å²) in [5.74, 6) is -0.352. The third kappa shape index (κ3) is 5.75. The molecule has 0 spiro atoms. The quantitative estimate of drug-likeness (QED) is 0.341. The molecule has 3 aromatic carbocycles. The van der Waals surface area contributed by atoms with Gasteiger partial charge in [0.25, 0.3) is 0 Å². The van der Waals surface area contributed by atoms with E-state index in [0.29, 0.717) is 21.6 Å². The van der Waals surface area contributed by atoms with Crippen LogP contribution < -0.4 is 10.6 Å². The number of hydrogen-bond acceptors (Lipinski definition) is 5. The normalized spacial score (nSPS) is 17.4. The third-order valence-corrected chi connectivity index (χ3v) is 7.16. The molecule has 8 heteroatoms. The number of anilines is 1. The van der Waals surface area contributed by atoms with Crippen molar-refractivity contribution in [2.75, 3.05) is 5.32 Å². The second-order valence-corrected chi connectivity index (χ2v) is 9.93. The molecule has 0 unspecified atom stereocenters. The van der Waals surface area contributed by atoms with Crippen LogP contribution >= 0.6 is 22.9 Å². The van der Waals surface area contributed by atoms with Gasteiger partial charge < -0.3 is 5.32 Å². The molecule has 2 amide bonds. The highest BCUT2D eigenvalue weighted by Crippen LogP contribution is 2.47. The molecule has 35 heavy (non-hydrogen) atoms. The number of aromatic nitrogens is 2. The molecule has 5 rings (SSSR count). The molecule has 0 saturated heterocycles. The van der Waals surface area contributed by atoms with Crippen molar-refractivity contribution < 1.29 is 9.59 Å². The van der Waals surface area contributed by atoms with E-state index in [9.17, 15) is 9.59 Å². The van der Waals surface area contributed by atoms with Crippen molar-refractivity contribution in [1.29, 1.82) is 0 Å². The Labute approximate surface area is 212 Å². The van der Waals surface area contributed by atoms with Gasteiger partial charge in [-0.15, -0.1) is 10.2 Å². The fourth-order valence-electron chi connectivity index (χ4n) is 4.07. The maximum absolute atomic E-state index is 13.2. The highest BCUT2D eigenvalue weighted by molar-refractivity contribution is 7.18. The van der Waals surface area contributed by atoms with E-state index < -0.39 is 6.04 Å². The predicted octanol–water partition coefficient (Wildman–Crippen LogP) is 5.33. The van der Waals surface area contributed by atoms with Crippen LogP contribution in [-0.2, 0) is 16.0 Å². The van der Waals surface area contributed by atoms with Crippen LogP contribution in [0.25, 0.3) is 10.6 Å². The fraction of sp³-hybridized carbons (Fsp3) is 0.185. The lowest BCUT2D eigenvalue weighted by Gasteiger charge is -2.18. The van der Waals surface area contributed by atoms with E-state index in [1.165, 1.54) is 11.3 Å². The van der Waals surface area contributed by atoms with Gasteiger partial charge in [-0.05, 0) is 35.6 Å². The van der Waals surface area contributed by atoms with Gasteiger partial charge in [0.05, 0.1) is 0 Å². The first kappa shape index (κ1) is 23.2. The molecule has 1 aliphatic carbocycles. The molecule has 1 saturated carbocycles. The molecule has 1 aliphatic rings. The fourth-order valence-corrected chi connectivity index (χ4v) is 4.94. The van der Waals surface area contributed by atoms with Crippen molar-refractivity contribution >= 4 is 39.9 Å². The summed E-state index contributed by atoms with van der Waals surface area (Å²) in [5, 5.41) is 15.8. The lowest BCUT2D eigenvalue weighted by molar-refractivity contribution is -0.127. The van der Waals surface area contributed by atoms with Crippen molar-refractivity contribution in [3.63, 3.8) is 0 Å². The Morgan fingerprint density at radius 1 is 0.943 bits per heavy atom. The van der Waals surface area contributed by atoms with Gasteiger partial charge in [0.2, 0.25) is 16.9 Å². The number of nitrogens with zero attached hydrogens (tertiary/aromatic N) is 2. The summed E-state index contributed by atoms with van der Waals surface area (Å²) in [6.45, 7) is 0. The molecular weight excluding hydrogens is 480 g/mol. The lowest BCUT2D eigenvalue weighted by atomic mass is 10.0. The molecule has 0 bridgehead atoms. The van der Waals surface area contributed by atoms with Crippen LogP contribution in [0.4, 0.5) is 5.13 Å². The average Bonchev–Trinajstić information content (AvgIpc) is 3.57. The van der Waals surface area contributed by atoms with Crippen LogP contribution in [-0.4, -0.2) is 28.1 Å². The third-order valence-electron chi connectivity index (χ3n) is 6.02. The van der Waals surface area contributed by atoms with Crippen LogP contribution in [0, 0.1) is 5.92 Å². The topological polar surface area (TPSA) is 84.0 Å². The van der Waals surface area contributed by atoms with Gasteiger partial charge in [-0.3, -0.25) is 14.9 Å². The first-order valence-corrected chi connectivity index (χ1v) is 12.6. The van der Waals surface area contributed by atoms with E-state index in [1.54, 1.807) is 12.1 Å². The minimum Gasteiger partial charge on any atom is -0.344 e. The van der Waals surface area contributed by atoms with E-state index in [2.05, 4.69) is 20.8 Å². The van der Waals surface area contributed by atoms with E-state index >= 15 is 0 Å². The lowest BCUT2D eigenvalue weighted by Crippen LogP contribution is -2.46. The van der Waals surface area contributed by atoms with Gasteiger partial charge in [0.1, 0.15) is 11.0 Å². The molecule has 6 nitrogen and oxygen atoms in total. The second-order valence-electron chi connectivity index (χ2n) is 8.52. The Hall–Kier alpha value is -3.55. The number of carbonyl (C=O) groups is 2. The molecule has 3 atom stereocenters. The first-order valence-electron chi connectivity index (χ1n) is 11.4. The zero-order valence-electron chi connectivity index (χ0n) is 18.7. The first-order chi connectivity index (χ1) is 17.1. The van der Waals surface area contributed by atoms with Crippen LogP contribution in [0.3, 0.4) is 0 Å². The minimum absolute atomic E-state index is 0.103. The van der Waals surface area contributed by atoms with Crippen molar-refractivity contribution in [2.24, 2.45) is 5.92 Å². The zero-order valence-corrected chi connectivity index (χ0v) is 20.3. The number of amides is 2. The Morgan fingerprint density at radius 2 is 1.63 bits per heavy atom. The summed E-state index contributed by atoms with van der Waals surface area (Å²) in [4.78, 5) is 26.3. The monoisotopic (exact) mass is 502 g/mol. The number of carbonyl (C=O) groups excluding carboxylic acids is 2. The zero-order chi connectivity index (χ0) is 24.2. The average molecular weight is 503 g/mol. The van der Waals surface area contributed by atoms with Gasteiger partial charge in [-0.1, -0.05) is 95.7 Å². The molecule has 1 aromatic heterocycles. The van der Waals surface area contributed by atoms with Crippen molar-refractivity contribution in [3.8, 4) is 10.6 Å². The minimum atomic E-state index is -0.732. The maximum atomic E-state index is 13.2. The molecular formula is C27H23ClN4O2S.